The van der Waals surface area contributed by atoms with Crippen LogP contribution in [0, 0.1) is 18.8 Å². The lowest BCUT2D eigenvalue weighted by Gasteiger charge is -2.29. The number of rotatable bonds is 44. The fourth-order valence-corrected chi connectivity index (χ4v) is 12.1. The summed E-state index contributed by atoms with van der Waals surface area (Å²) in [6, 6.07) is 9.77. The van der Waals surface area contributed by atoms with E-state index in [4.69, 9.17) is 64.8 Å². The Labute approximate surface area is 567 Å². The van der Waals surface area contributed by atoms with E-state index in [0.717, 1.165) is 69.8 Å². The predicted octanol–water partition coefficient (Wildman–Crippen LogP) is 6.46. The molecule has 3 aromatic rings. The molecule has 0 spiro atoms. The van der Waals surface area contributed by atoms with E-state index in [2.05, 4.69) is 35.9 Å². The molecule has 0 aromatic heterocycles. The smallest absolute Gasteiger partial charge is 0.255 e. The fraction of sp³-hybridized carbons (Fsp3) is 0.600. The summed E-state index contributed by atoms with van der Waals surface area (Å²) in [5.74, 6) is 0.270. The van der Waals surface area contributed by atoms with Gasteiger partial charge < -0.3 is 85.7 Å². The first-order chi connectivity index (χ1) is 46.0. The van der Waals surface area contributed by atoms with E-state index in [1.165, 1.54) is 14.0 Å². The van der Waals surface area contributed by atoms with Crippen molar-refractivity contribution in [3.63, 3.8) is 0 Å². The molecule has 2 fully saturated rings. The van der Waals surface area contributed by atoms with Gasteiger partial charge in [0.2, 0.25) is 0 Å². The summed E-state index contributed by atoms with van der Waals surface area (Å²) in [7, 11) is 5.39. The lowest BCUT2D eigenvalue weighted by Crippen LogP contribution is -2.38. The van der Waals surface area contributed by atoms with Crippen molar-refractivity contribution in [2.45, 2.75) is 180 Å². The van der Waals surface area contributed by atoms with Crippen LogP contribution in [0.4, 0.5) is 0 Å². The van der Waals surface area contributed by atoms with Gasteiger partial charge in [-0.3, -0.25) is 48.7 Å². The lowest BCUT2D eigenvalue weighted by atomic mass is 9.80. The van der Waals surface area contributed by atoms with Crippen LogP contribution < -0.4 is 80.8 Å². The second-order valence-electron chi connectivity index (χ2n) is 25.6. The number of aryl methyl sites for hydroxylation is 2. The van der Waals surface area contributed by atoms with Crippen molar-refractivity contribution < 1.29 is 47.7 Å². The molecule has 0 bridgehead atoms. The molecule has 0 radical (unpaired) electrons. The maximum atomic E-state index is 14.5. The van der Waals surface area contributed by atoms with Crippen LogP contribution in [0.1, 0.15) is 228 Å². The van der Waals surface area contributed by atoms with Gasteiger partial charge in [0.25, 0.3) is 17.7 Å². The van der Waals surface area contributed by atoms with Crippen LogP contribution in [-0.2, 0) is 6.42 Å². The summed E-state index contributed by atoms with van der Waals surface area (Å²) in [5, 5.41) is 9.47. The number of amides is 3. The third-order valence-corrected chi connectivity index (χ3v) is 17.4. The van der Waals surface area contributed by atoms with Gasteiger partial charge in [0.1, 0.15) is 23.0 Å². The first-order valence-corrected chi connectivity index (χ1v) is 34.3. The summed E-state index contributed by atoms with van der Waals surface area (Å²) in [6.45, 7) is 7.35. The first-order valence-electron chi connectivity index (χ1n) is 34.3. The summed E-state index contributed by atoms with van der Waals surface area (Å²) < 4.78 is 24.5. The third-order valence-electron chi connectivity index (χ3n) is 17.4. The average molecular weight is 1340 g/mol. The van der Waals surface area contributed by atoms with Crippen molar-refractivity contribution in [1.29, 1.82) is 0 Å². The number of aliphatic imine (C=N–C) groups is 4. The standard InChI is InChI=1S/C70H110N16O10/c1-45-37-60(93-5)55(41-52(45)58(88)38-47-20-24-50(25-21-47)84-65(91)56-42-53(46(2)87)62(95-35-17-9-14-30-82-69(75)76)44-63(56)96-36-18-10-15-31-83-70(77)78)59(89)39-48-22-26-51(27-23-48)85-66(92)57-43-54(64(90)79-32-33-86(3)4)49(19-11-6-7-12-28-80-67(71)72)40-61(57)94-34-16-8-13-29-81-68(73)74/h37,40-44,47-48,50-51H,6-36,38-39H2,1-5H3,(H,79,90)(H,84,91)(H,85,92)(H4,71,72,80)(H4,73,74,81)(H4,75,76,82)(H4,77,78,83). The highest BCUT2D eigenvalue weighted by Gasteiger charge is 2.31. The van der Waals surface area contributed by atoms with E-state index in [1.807, 2.05) is 32.0 Å². The first kappa shape index (κ1) is 78.0. The highest BCUT2D eigenvalue weighted by atomic mass is 16.5. The predicted molar refractivity (Wildman–Crippen MR) is 379 cm³/mol. The minimum absolute atomic E-state index is 0.0259. The van der Waals surface area contributed by atoms with Crippen LogP contribution in [-0.4, -0.2) is 156 Å². The largest absolute Gasteiger partial charge is 0.496 e. The minimum atomic E-state index is -0.375. The number of hydrogen-bond acceptors (Lipinski definition) is 15. The number of carbonyl (C=O) groups is 6. The van der Waals surface area contributed by atoms with Crippen LogP contribution >= 0.6 is 0 Å². The molecule has 530 valence electrons. The van der Waals surface area contributed by atoms with Gasteiger partial charge >= 0.3 is 0 Å². The van der Waals surface area contributed by atoms with E-state index in [1.54, 1.807) is 30.3 Å². The molecule has 26 nitrogen and oxygen atoms in total. The zero-order chi connectivity index (χ0) is 69.9. The van der Waals surface area contributed by atoms with Crippen molar-refractivity contribution in [3.05, 3.63) is 80.9 Å². The number of benzene rings is 3. The summed E-state index contributed by atoms with van der Waals surface area (Å²) in [5.41, 5.74) is 47.4. The summed E-state index contributed by atoms with van der Waals surface area (Å²) in [4.78, 5) is 102. The summed E-state index contributed by atoms with van der Waals surface area (Å²) in [6.07, 6.45) is 16.5. The number of methoxy groups -OCH3 is 1. The Bertz CT molecular complexity index is 3140. The van der Waals surface area contributed by atoms with E-state index >= 15 is 0 Å². The number of hydrogen-bond donors (Lipinski definition) is 11. The highest BCUT2D eigenvalue weighted by molar-refractivity contribution is 6.05. The van der Waals surface area contributed by atoms with Crippen LogP contribution in [0.15, 0.2) is 56.4 Å². The molecule has 0 unspecified atom stereocenters. The number of unbranched alkanes of at least 4 members (excludes halogenated alkanes) is 9. The number of nitrogens with one attached hydrogen (secondary N) is 3. The van der Waals surface area contributed by atoms with Gasteiger partial charge in [-0.05, 0) is 210 Å². The molecule has 5 rings (SSSR count). The Kier molecular flexibility index (Phi) is 34.1. The number of Topliss-reactive ketones (excluding diaryl/α,β-unsaturated/α-hetero) is 3. The third kappa shape index (κ3) is 28.0. The van der Waals surface area contributed by atoms with Gasteiger partial charge in [-0.1, -0.05) is 12.8 Å². The lowest BCUT2D eigenvalue weighted by molar-refractivity contribution is 0.0890. The quantitative estimate of drug-likeness (QED) is 0.0125. The van der Waals surface area contributed by atoms with Gasteiger partial charge in [0, 0.05) is 81.4 Å². The molecule has 0 saturated heterocycles. The van der Waals surface area contributed by atoms with Gasteiger partial charge in [-0.25, -0.2) is 0 Å². The Hall–Kier alpha value is -8.68. The maximum absolute atomic E-state index is 14.5. The zero-order valence-corrected chi connectivity index (χ0v) is 57.5. The van der Waals surface area contributed by atoms with Gasteiger partial charge in [-0.15, -0.1) is 0 Å². The number of carbonyl (C=O) groups excluding carboxylic acids is 6. The van der Waals surface area contributed by atoms with Crippen molar-refractivity contribution in [2.75, 3.05) is 80.3 Å². The monoisotopic (exact) mass is 1330 g/mol. The molecule has 0 atom stereocenters. The topological polar surface area (TPSA) is 436 Å². The molecule has 96 heavy (non-hydrogen) atoms. The Balaban J connectivity index is 1.21. The molecule has 0 aliphatic heterocycles. The minimum Gasteiger partial charge on any atom is -0.496 e. The second-order valence-corrected chi connectivity index (χ2v) is 25.6. The number of likely N-dealkylation sites (N-methyl/N-ethyl adjacent to an activating group) is 1. The fourth-order valence-electron chi connectivity index (χ4n) is 12.1. The number of ketones is 3. The van der Waals surface area contributed by atoms with Crippen molar-refractivity contribution in [1.82, 2.24) is 20.9 Å². The van der Waals surface area contributed by atoms with Crippen molar-refractivity contribution in [3.8, 4) is 23.0 Å². The van der Waals surface area contributed by atoms with E-state index in [0.29, 0.717) is 181 Å². The molecular formula is C70H110N16O10. The average Bonchev–Trinajstić information content (AvgIpc) is 0.826. The normalized spacial score (nSPS) is 15.9. The molecular weight excluding hydrogens is 1220 g/mol. The van der Waals surface area contributed by atoms with Crippen LogP contribution in [0.2, 0.25) is 0 Å². The molecule has 3 amide bonds. The van der Waals surface area contributed by atoms with Crippen LogP contribution in [0.3, 0.4) is 0 Å². The van der Waals surface area contributed by atoms with Crippen molar-refractivity contribution in [2.24, 2.45) is 77.7 Å². The molecule has 2 aliphatic rings. The number of nitrogens with two attached hydrogens (primary N) is 8. The number of nitrogens with zero attached hydrogens (tertiary/aromatic N) is 5. The SMILES string of the molecule is COc1cc(C)c(C(=O)CC2CCC(NC(=O)c3cc(C(C)=O)c(OCCCCCN=C(N)N)cc3OCCCCCN=C(N)N)CC2)cc1C(=O)CC1CCC(NC(=O)c2cc(C(=O)NCCN(C)C)c(CCCCCCN=C(N)N)cc2OCCCCCN=C(N)N)CC1. The number of guanidine groups is 4. The number of ether oxygens (including phenoxy) is 4. The Morgan fingerprint density at radius 3 is 1.28 bits per heavy atom. The highest BCUT2D eigenvalue weighted by Crippen LogP contribution is 2.36. The summed E-state index contributed by atoms with van der Waals surface area (Å²) >= 11 is 0. The molecule has 0 heterocycles. The van der Waals surface area contributed by atoms with Crippen LogP contribution in [0.5, 0.6) is 23.0 Å². The van der Waals surface area contributed by atoms with E-state index < -0.39 is 0 Å². The molecule has 19 N–H and O–H groups in total. The van der Waals surface area contributed by atoms with E-state index in [9.17, 15) is 28.8 Å². The van der Waals surface area contributed by atoms with E-state index in [-0.39, 0.29) is 112 Å². The second kappa shape index (κ2) is 42.0. The molecule has 26 heteroatoms. The Morgan fingerprint density at radius 2 is 0.854 bits per heavy atom. The van der Waals surface area contributed by atoms with Gasteiger partial charge in [-0.2, -0.15) is 0 Å². The van der Waals surface area contributed by atoms with Crippen LogP contribution in [0.25, 0.3) is 0 Å². The molecule has 2 saturated carbocycles. The molecule has 2 aliphatic carbocycles. The molecule has 3 aromatic carbocycles. The zero-order valence-electron chi connectivity index (χ0n) is 57.5. The maximum Gasteiger partial charge on any atom is 0.255 e. The van der Waals surface area contributed by atoms with Crippen molar-refractivity contribution >= 4 is 58.9 Å². The van der Waals surface area contributed by atoms with Gasteiger partial charge in [0.15, 0.2) is 41.2 Å². The Morgan fingerprint density at radius 1 is 0.458 bits per heavy atom. The van der Waals surface area contributed by atoms with Gasteiger partial charge in [0.05, 0.1) is 49.2 Å².